The maximum Gasteiger partial charge on any atom is 0.328 e. The predicted molar refractivity (Wildman–Crippen MR) is 109 cm³/mol. The predicted octanol–water partition coefficient (Wildman–Crippen LogP) is 2.58. The van der Waals surface area contributed by atoms with E-state index in [9.17, 15) is 14.4 Å². The molecule has 0 fully saturated rings. The van der Waals surface area contributed by atoms with Crippen LogP contribution in [0.1, 0.15) is 17.3 Å². The van der Waals surface area contributed by atoms with Gasteiger partial charge in [-0.2, -0.15) is 0 Å². The van der Waals surface area contributed by atoms with E-state index in [1.165, 1.54) is 23.5 Å². The van der Waals surface area contributed by atoms with Crippen molar-refractivity contribution in [3.05, 3.63) is 62.8 Å². The van der Waals surface area contributed by atoms with Crippen LogP contribution in [0.25, 0.3) is 21.1 Å². The van der Waals surface area contributed by atoms with Crippen molar-refractivity contribution in [2.45, 2.75) is 13.5 Å². The largest absolute Gasteiger partial charge is 0.494 e. The minimum atomic E-state index is -0.504. The van der Waals surface area contributed by atoms with Crippen molar-refractivity contribution in [2.24, 2.45) is 0 Å². The molecule has 2 aromatic heterocycles. The van der Waals surface area contributed by atoms with Crippen LogP contribution in [-0.4, -0.2) is 27.6 Å². The van der Waals surface area contributed by atoms with Crippen LogP contribution in [0.2, 0.25) is 0 Å². The Hall–Kier alpha value is -3.46. The number of H-pyrrole nitrogens is 1. The van der Waals surface area contributed by atoms with Crippen LogP contribution >= 0.6 is 11.3 Å². The molecular formula is C19H16N4O4S. The van der Waals surface area contributed by atoms with E-state index in [0.29, 0.717) is 32.9 Å². The molecule has 2 aromatic carbocycles. The van der Waals surface area contributed by atoms with Crippen LogP contribution in [0.5, 0.6) is 5.75 Å². The smallest absolute Gasteiger partial charge is 0.328 e. The number of rotatable bonds is 4. The van der Waals surface area contributed by atoms with Gasteiger partial charge in [0.25, 0.3) is 11.5 Å². The number of amides is 1. The summed E-state index contributed by atoms with van der Waals surface area (Å²) in [6.07, 6.45) is 0. The van der Waals surface area contributed by atoms with E-state index in [1.54, 1.807) is 26.2 Å². The zero-order chi connectivity index (χ0) is 19.8. The molecule has 0 aliphatic heterocycles. The average Bonchev–Trinajstić information content (AvgIpc) is 3.10. The highest BCUT2D eigenvalue weighted by Crippen LogP contribution is 2.32. The van der Waals surface area contributed by atoms with Gasteiger partial charge in [0.1, 0.15) is 11.3 Å². The van der Waals surface area contributed by atoms with Gasteiger partial charge < -0.3 is 9.72 Å². The van der Waals surface area contributed by atoms with E-state index in [2.05, 4.69) is 15.3 Å². The molecule has 2 N–H and O–H groups in total. The second-order valence-corrected chi connectivity index (χ2v) is 7.05. The Labute approximate surface area is 162 Å². The number of fused-ring (bicyclic) bond motifs is 2. The van der Waals surface area contributed by atoms with Gasteiger partial charge in [-0.3, -0.25) is 19.5 Å². The fourth-order valence-electron chi connectivity index (χ4n) is 2.99. The summed E-state index contributed by atoms with van der Waals surface area (Å²) in [5.41, 5.74) is 0.414. The first-order valence-corrected chi connectivity index (χ1v) is 9.35. The highest BCUT2D eigenvalue weighted by molar-refractivity contribution is 7.22. The van der Waals surface area contributed by atoms with E-state index in [-0.39, 0.29) is 18.0 Å². The van der Waals surface area contributed by atoms with E-state index in [4.69, 9.17) is 4.74 Å². The van der Waals surface area contributed by atoms with Gasteiger partial charge in [-0.1, -0.05) is 17.4 Å². The van der Waals surface area contributed by atoms with Crippen molar-refractivity contribution in [3.63, 3.8) is 0 Å². The molecule has 0 radical (unpaired) electrons. The van der Waals surface area contributed by atoms with Crippen molar-refractivity contribution in [2.75, 3.05) is 12.4 Å². The number of nitrogens with one attached hydrogen (secondary N) is 2. The molecule has 0 atom stereocenters. The lowest BCUT2D eigenvalue weighted by molar-refractivity contribution is 0.102. The second kappa shape index (κ2) is 6.93. The molecule has 9 heteroatoms. The van der Waals surface area contributed by atoms with Gasteiger partial charge in [-0.25, -0.2) is 9.78 Å². The summed E-state index contributed by atoms with van der Waals surface area (Å²) in [6, 6.07) is 10.1. The average molecular weight is 396 g/mol. The molecule has 2 heterocycles. The monoisotopic (exact) mass is 396 g/mol. The molecule has 0 aliphatic carbocycles. The molecular weight excluding hydrogens is 380 g/mol. The quantitative estimate of drug-likeness (QED) is 0.551. The van der Waals surface area contributed by atoms with Gasteiger partial charge in [-0.05, 0) is 37.3 Å². The molecule has 1 amide bonds. The third-order valence-corrected chi connectivity index (χ3v) is 5.32. The number of thiazole rings is 1. The molecule has 0 saturated carbocycles. The summed E-state index contributed by atoms with van der Waals surface area (Å²) in [6.45, 7) is 1.99. The number of hydrogen-bond donors (Lipinski definition) is 2. The van der Waals surface area contributed by atoms with Crippen molar-refractivity contribution in [3.8, 4) is 5.75 Å². The van der Waals surface area contributed by atoms with Crippen molar-refractivity contribution in [1.29, 1.82) is 0 Å². The third-order valence-electron chi connectivity index (χ3n) is 4.38. The van der Waals surface area contributed by atoms with Crippen molar-refractivity contribution >= 4 is 43.5 Å². The first-order valence-electron chi connectivity index (χ1n) is 8.53. The molecule has 0 bridgehead atoms. The number of methoxy groups -OCH3 is 1. The van der Waals surface area contributed by atoms with Gasteiger partial charge in [0, 0.05) is 12.1 Å². The Morgan fingerprint density at radius 1 is 1.29 bits per heavy atom. The molecule has 8 nitrogen and oxygen atoms in total. The first-order chi connectivity index (χ1) is 13.5. The maximum absolute atomic E-state index is 12.6. The van der Waals surface area contributed by atoms with E-state index < -0.39 is 5.69 Å². The molecule has 142 valence electrons. The van der Waals surface area contributed by atoms with Gasteiger partial charge in [0.2, 0.25) is 0 Å². The van der Waals surface area contributed by atoms with Crippen LogP contribution in [0, 0.1) is 0 Å². The van der Waals surface area contributed by atoms with Crippen LogP contribution in [0.15, 0.2) is 46.0 Å². The lowest BCUT2D eigenvalue weighted by Crippen LogP contribution is -2.34. The molecule has 0 aliphatic rings. The number of carbonyl (C=O) groups excluding carboxylic acids is 1. The summed E-state index contributed by atoms with van der Waals surface area (Å²) < 4.78 is 7.28. The fraction of sp³-hybridized carbons (Fsp3) is 0.158. The van der Waals surface area contributed by atoms with Crippen LogP contribution in [0.4, 0.5) is 5.13 Å². The Kier molecular flexibility index (Phi) is 4.44. The third kappa shape index (κ3) is 2.95. The number of para-hydroxylation sites is 1. The van der Waals surface area contributed by atoms with E-state index >= 15 is 0 Å². The van der Waals surface area contributed by atoms with E-state index in [0.717, 1.165) is 9.27 Å². The number of anilines is 1. The molecule has 0 saturated heterocycles. The van der Waals surface area contributed by atoms with Crippen LogP contribution in [0.3, 0.4) is 0 Å². The number of aromatic nitrogens is 3. The normalized spacial score (nSPS) is 11.1. The number of hydrogen-bond acceptors (Lipinski definition) is 6. The minimum absolute atomic E-state index is 0.271. The van der Waals surface area contributed by atoms with Crippen LogP contribution in [-0.2, 0) is 6.54 Å². The minimum Gasteiger partial charge on any atom is -0.494 e. The number of nitrogens with zero attached hydrogens (tertiary/aromatic N) is 2. The molecule has 0 spiro atoms. The lowest BCUT2D eigenvalue weighted by atomic mass is 10.1. The maximum atomic E-state index is 12.6. The molecule has 4 aromatic rings. The summed E-state index contributed by atoms with van der Waals surface area (Å²) in [5, 5.41) is 3.53. The Morgan fingerprint density at radius 3 is 2.86 bits per heavy atom. The van der Waals surface area contributed by atoms with Gasteiger partial charge in [-0.15, -0.1) is 0 Å². The summed E-state index contributed by atoms with van der Waals surface area (Å²) >= 11 is 1.33. The summed E-state index contributed by atoms with van der Waals surface area (Å²) in [5.74, 6) is 0.241. The lowest BCUT2D eigenvalue weighted by Gasteiger charge is -2.06. The number of aromatic amines is 1. The first kappa shape index (κ1) is 17.9. The Balaban J connectivity index is 1.69. The molecule has 28 heavy (non-hydrogen) atoms. The molecule has 4 rings (SSSR count). The Bertz CT molecular complexity index is 1340. The SMILES string of the molecule is CCn1c(=O)[nH]c2cc(C(=O)Nc3nc4c(OC)cccc4s3)ccc2c1=O. The number of carbonyl (C=O) groups is 1. The van der Waals surface area contributed by atoms with E-state index in [1.807, 2.05) is 12.1 Å². The van der Waals surface area contributed by atoms with Crippen molar-refractivity contribution < 1.29 is 9.53 Å². The highest BCUT2D eigenvalue weighted by atomic mass is 32.1. The fourth-order valence-corrected chi connectivity index (χ4v) is 3.87. The summed E-state index contributed by atoms with van der Waals surface area (Å²) in [4.78, 5) is 44.0. The van der Waals surface area contributed by atoms with Crippen molar-refractivity contribution in [1.82, 2.24) is 14.5 Å². The van der Waals surface area contributed by atoms with Crippen LogP contribution < -0.4 is 21.3 Å². The second-order valence-electron chi connectivity index (χ2n) is 6.02. The van der Waals surface area contributed by atoms with Gasteiger partial charge >= 0.3 is 5.69 Å². The Morgan fingerprint density at radius 2 is 2.11 bits per heavy atom. The zero-order valence-corrected chi connectivity index (χ0v) is 15.9. The van der Waals surface area contributed by atoms with Gasteiger partial charge in [0.15, 0.2) is 5.13 Å². The number of benzene rings is 2. The van der Waals surface area contributed by atoms with Gasteiger partial charge in [0.05, 0.1) is 22.7 Å². The highest BCUT2D eigenvalue weighted by Gasteiger charge is 2.14. The topological polar surface area (TPSA) is 106 Å². The zero-order valence-electron chi connectivity index (χ0n) is 15.1. The molecule has 0 unspecified atom stereocenters. The number of ether oxygens (including phenoxy) is 1. The summed E-state index contributed by atoms with van der Waals surface area (Å²) in [7, 11) is 1.56. The standard InChI is InChI=1S/C19H16N4O4S/c1-3-23-17(25)11-8-7-10(9-12(11)20-19(23)26)16(24)22-18-21-15-13(27-2)5-4-6-14(15)28-18/h4-9H,3H2,1-2H3,(H,20,26)(H,21,22,24).